The van der Waals surface area contributed by atoms with E-state index in [-0.39, 0.29) is 0 Å². The summed E-state index contributed by atoms with van der Waals surface area (Å²) in [5.41, 5.74) is 0. The SMILES string of the molecule is [B]NN(C)[B]C. The molecule has 0 fully saturated rings. The largest absolute Gasteiger partial charge is 0.320 e. The highest BCUT2D eigenvalue weighted by molar-refractivity contribution is 6.30. The minimum Gasteiger partial charge on any atom is -0.320 e. The first-order valence-corrected chi connectivity index (χ1v) is 1.80. The zero-order valence-electron chi connectivity index (χ0n) is 4.10. The maximum Gasteiger partial charge on any atom is 0.224 e. The van der Waals surface area contributed by atoms with Crippen LogP contribution in [0.25, 0.3) is 0 Å². The molecule has 3 radical (unpaired) electrons. The van der Waals surface area contributed by atoms with E-state index >= 15 is 0 Å². The molecule has 31 valence electrons. The third-order valence-electron chi connectivity index (χ3n) is 0.591. The summed E-state index contributed by atoms with van der Waals surface area (Å²) in [5, 5.41) is 2.39. The summed E-state index contributed by atoms with van der Waals surface area (Å²) in [6.07, 6.45) is 0. The Labute approximate surface area is 40.6 Å². The van der Waals surface area contributed by atoms with E-state index in [1.54, 1.807) is 4.92 Å². The molecular weight excluding hydrogens is 73.7 g/mol. The Kier molecular flexibility index (Phi) is 3.27. The molecule has 4 heteroatoms. The van der Waals surface area contributed by atoms with Crippen LogP contribution >= 0.6 is 0 Å². The molecule has 0 saturated carbocycles. The van der Waals surface area contributed by atoms with Gasteiger partial charge in [-0.25, -0.2) is 0 Å². The molecule has 0 aliphatic heterocycles. The highest BCUT2D eigenvalue weighted by atomic mass is 15.4. The molecule has 0 heterocycles. The predicted molar refractivity (Wildman–Crippen MR) is 28.3 cm³/mol. The Hall–Kier alpha value is 0.0499. The van der Waals surface area contributed by atoms with Gasteiger partial charge in [0.1, 0.15) is 0 Å². The fraction of sp³-hybridized carbons (Fsp3) is 1.00. The van der Waals surface area contributed by atoms with Gasteiger partial charge < -0.3 is 10.3 Å². The Morgan fingerprint density at radius 3 is 2.33 bits per heavy atom. The molecule has 0 aliphatic carbocycles. The molecule has 0 bridgehead atoms. The maximum atomic E-state index is 4.93. The lowest BCUT2D eigenvalue weighted by atomic mass is 10.00. The van der Waals surface area contributed by atoms with Crippen molar-refractivity contribution in [1.82, 2.24) is 10.3 Å². The number of nitrogens with zero attached hydrogens (tertiary/aromatic N) is 1. The smallest absolute Gasteiger partial charge is 0.224 e. The molecule has 0 unspecified atom stereocenters. The van der Waals surface area contributed by atoms with Gasteiger partial charge in [0, 0.05) is 0 Å². The zero-order chi connectivity index (χ0) is 4.99. The van der Waals surface area contributed by atoms with E-state index in [9.17, 15) is 0 Å². The van der Waals surface area contributed by atoms with Gasteiger partial charge in [-0.2, -0.15) is 0 Å². The quantitative estimate of drug-likeness (QED) is 0.344. The van der Waals surface area contributed by atoms with Crippen LogP contribution < -0.4 is 5.34 Å². The van der Waals surface area contributed by atoms with Crippen LogP contribution in [0.5, 0.6) is 0 Å². The van der Waals surface area contributed by atoms with E-state index in [4.69, 9.17) is 7.98 Å². The summed E-state index contributed by atoms with van der Waals surface area (Å²) in [5.74, 6) is 0. The van der Waals surface area contributed by atoms with Crippen molar-refractivity contribution in [2.75, 3.05) is 7.05 Å². The van der Waals surface area contributed by atoms with Gasteiger partial charge in [0.15, 0.2) is 0 Å². The molecule has 6 heavy (non-hydrogen) atoms. The first-order chi connectivity index (χ1) is 2.81. The van der Waals surface area contributed by atoms with Crippen LogP contribution in [0, 0.1) is 0 Å². The summed E-state index contributed by atoms with van der Waals surface area (Å²) in [6, 6.07) is 0. The fourth-order valence-electron chi connectivity index (χ4n) is 0.0745. The van der Waals surface area contributed by atoms with Crippen LogP contribution in [0.1, 0.15) is 0 Å². The van der Waals surface area contributed by atoms with Crippen molar-refractivity contribution in [2.45, 2.75) is 6.82 Å². The second-order valence-corrected chi connectivity index (χ2v) is 0.998. The van der Waals surface area contributed by atoms with E-state index in [0.717, 1.165) is 0 Å². The Balaban J connectivity index is 2.75. The second kappa shape index (κ2) is 3.25. The van der Waals surface area contributed by atoms with Crippen LogP contribution in [0.2, 0.25) is 6.82 Å². The van der Waals surface area contributed by atoms with Gasteiger partial charge in [-0.1, -0.05) is 6.82 Å². The monoisotopic (exact) mass is 81.1 g/mol. The van der Waals surface area contributed by atoms with Gasteiger partial charge in [-0.15, -0.1) is 0 Å². The fourth-order valence-corrected chi connectivity index (χ4v) is 0.0745. The molecule has 1 N–H and O–H groups in total. The van der Waals surface area contributed by atoms with E-state index < -0.39 is 0 Å². The van der Waals surface area contributed by atoms with Gasteiger partial charge in [-0.05, 0) is 7.05 Å². The molecule has 0 atom stereocenters. The van der Waals surface area contributed by atoms with E-state index in [0.29, 0.717) is 0 Å². The van der Waals surface area contributed by atoms with Crippen molar-refractivity contribution in [3.8, 4) is 0 Å². The highest BCUT2D eigenvalue weighted by Gasteiger charge is 1.83. The normalized spacial score (nSPS) is 9.17. The van der Waals surface area contributed by atoms with E-state index in [2.05, 4.69) is 5.34 Å². The van der Waals surface area contributed by atoms with Crippen molar-refractivity contribution >= 4 is 15.4 Å². The first kappa shape index (κ1) is 6.05. The minimum absolute atomic E-state index is 1.65. The van der Waals surface area contributed by atoms with Crippen molar-refractivity contribution in [3.05, 3.63) is 0 Å². The average molecular weight is 80.7 g/mol. The molecule has 2 nitrogen and oxygen atoms in total. The average Bonchev–Trinajstić information content (AvgIpc) is 1.65. The molecular formula is C2H7B2N2. The summed E-state index contributed by atoms with van der Waals surface area (Å²) in [6.45, 7) is 1.89. The van der Waals surface area contributed by atoms with Crippen LogP contribution in [-0.2, 0) is 0 Å². The molecule has 0 amide bonds. The lowest BCUT2D eigenvalue weighted by Crippen LogP contribution is -2.33. The predicted octanol–water partition coefficient (Wildman–Crippen LogP) is -0.826. The van der Waals surface area contributed by atoms with Crippen molar-refractivity contribution in [1.29, 1.82) is 0 Å². The Morgan fingerprint density at radius 1 is 1.83 bits per heavy atom. The van der Waals surface area contributed by atoms with Gasteiger partial charge in [0.2, 0.25) is 15.4 Å². The summed E-state index contributed by atoms with van der Waals surface area (Å²) >= 11 is 0. The second-order valence-electron chi connectivity index (χ2n) is 0.998. The Morgan fingerprint density at radius 2 is 2.33 bits per heavy atom. The summed E-state index contributed by atoms with van der Waals surface area (Å²) in [4.78, 5) is 1.65. The molecule has 0 spiro atoms. The van der Waals surface area contributed by atoms with E-state index in [1.807, 2.05) is 21.3 Å². The topological polar surface area (TPSA) is 15.3 Å². The van der Waals surface area contributed by atoms with Gasteiger partial charge in [-0.3, -0.25) is 0 Å². The standard InChI is InChI=1S/C2H7B2N2/c1-4-6(2)5-3/h5H,1-2H3. The lowest BCUT2D eigenvalue weighted by Gasteiger charge is -2.09. The zero-order valence-corrected chi connectivity index (χ0v) is 4.10. The number of hydrazine groups is 1. The third kappa shape index (κ3) is 2.30. The number of rotatable bonds is 2. The number of nitrogens with one attached hydrogen (secondary N) is 1. The third-order valence-corrected chi connectivity index (χ3v) is 0.591. The van der Waals surface area contributed by atoms with Crippen molar-refractivity contribution in [3.63, 3.8) is 0 Å². The molecule has 0 aromatic carbocycles. The van der Waals surface area contributed by atoms with Crippen LogP contribution in [0.4, 0.5) is 0 Å². The molecule has 0 aromatic heterocycles. The number of hydrogen-bond donors (Lipinski definition) is 1. The molecule has 0 rings (SSSR count). The first-order valence-electron chi connectivity index (χ1n) is 1.80. The highest BCUT2D eigenvalue weighted by Crippen LogP contribution is 1.60. The summed E-state index contributed by atoms with van der Waals surface area (Å²) < 4.78 is 0. The molecule has 0 saturated heterocycles. The van der Waals surface area contributed by atoms with Crippen molar-refractivity contribution in [2.24, 2.45) is 0 Å². The Bertz CT molecular complexity index is 28.7. The van der Waals surface area contributed by atoms with Crippen LogP contribution in [0.3, 0.4) is 0 Å². The lowest BCUT2D eigenvalue weighted by molar-refractivity contribution is 0.508. The maximum absolute atomic E-state index is 4.93. The van der Waals surface area contributed by atoms with Crippen molar-refractivity contribution < 1.29 is 0 Å². The van der Waals surface area contributed by atoms with Gasteiger partial charge >= 0.3 is 0 Å². The number of hydrogen-bond acceptors (Lipinski definition) is 2. The van der Waals surface area contributed by atoms with E-state index in [1.165, 1.54) is 0 Å². The minimum atomic E-state index is 1.65. The molecule has 0 aliphatic rings. The van der Waals surface area contributed by atoms with Gasteiger partial charge in [0.05, 0.1) is 0 Å². The van der Waals surface area contributed by atoms with Gasteiger partial charge in [0.25, 0.3) is 0 Å². The van der Waals surface area contributed by atoms with Crippen LogP contribution in [-0.4, -0.2) is 27.4 Å². The molecule has 0 aromatic rings. The summed E-state index contributed by atoms with van der Waals surface area (Å²) in [7, 11) is 8.57. The van der Waals surface area contributed by atoms with Crippen LogP contribution in [0.15, 0.2) is 0 Å².